The quantitative estimate of drug-likeness (QED) is 0.616. The molecule has 0 fully saturated rings. The van der Waals surface area contributed by atoms with E-state index in [9.17, 15) is 0 Å². The third-order valence-electron chi connectivity index (χ3n) is 1.63. The number of rotatable bonds is 6. The van der Waals surface area contributed by atoms with Crippen LogP contribution in [0.2, 0.25) is 5.15 Å². The number of hydrogen-bond donors (Lipinski definition) is 1. The van der Waals surface area contributed by atoms with E-state index in [1.165, 1.54) is 0 Å². The molecule has 0 bridgehead atoms. The average Bonchev–Trinajstić information content (AvgIpc) is 2.18. The Morgan fingerprint density at radius 3 is 3.00 bits per heavy atom. The molecule has 0 radical (unpaired) electrons. The Morgan fingerprint density at radius 1 is 1.53 bits per heavy atom. The molecule has 1 N–H and O–H groups in total. The van der Waals surface area contributed by atoms with Gasteiger partial charge in [0, 0.05) is 25.5 Å². The minimum Gasteiger partial charge on any atom is -0.377 e. The smallest absolute Gasteiger partial charge is 0.158 e. The van der Waals surface area contributed by atoms with Crippen LogP contribution in [0.15, 0.2) is 6.07 Å². The highest BCUT2D eigenvalue weighted by molar-refractivity contribution is 7.98. The van der Waals surface area contributed by atoms with E-state index in [4.69, 9.17) is 16.3 Å². The summed E-state index contributed by atoms with van der Waals surface area (Å²) < 4.78 is 4.95. The molecular formula is C9H14ClN3OS. The molecule has 6 heteroatoms. The summed E-state index contributed by atoms with van der Waals surface area (Å²) in [4.78, 5) is 8.29. The van der Waals surface area contributed by atoms with Crippen LogP contribution in [0.3, 0.4) is 0 Å². The van der Waals surface area contributed by atoms with Gasteiger partial charge >= 0.3 is 0 Å². The van der Waals surface area contributed by atoms with Crippen molar-refractivity contribution in [2.75, 3.05) is 31.0 Å². The number of thioether (sulfide) groups is 1. The molecular weight excluding hydrogens is 234 g/mol. The van der Waals surface area contributed by atoms with Gasteiger partial charge in [-0.1, -0.05) is 11.6 Å². The number of halogens is 1. The maximum Gasteiger partial charge on any atom is 0.158 e. The summed E-state index contributed by atoms with van der Waals surface area (Å²) in [6.45, 7) is 1.23. The third-order valence-corrected chi connectivity index (χ3v) is 2.43. The molecule has 1 aromatic rings. The second kappa shape index (κ2) is 6.87. The van der Waals surface area contributed by atoms with Crippen LogP contribution in [0.5, 0.6) is 0 Å². The highest BCUT2D eigenvalue weighted by Gasteiger charge is 2.02. The molecule has 1 heterocycles. The first kappa shape index (κ1) is 12.5. The number of aromatic nitrogens is 2. The number of ether oxygens (including phenoxy) is 1. The first-order valence-corrected chi connectivity index (χ1v) is 6.28. The van der Waals surface area contributed by atoms with E-state index in [0.29, 0.717) is 17.6 Å². The van der Waals surface area contributed by atoms with E-state index in [0.717, 1.165) is 18.1 Å². The molecule has 0 saturated carbocycles. The van der Waals surface area contributed by atoms with Crippen LogP contribution in [-0.2, 0) is 11.3 Å². The highest BCUT2D eigenvalue weighted by Crippen LogP contribution is 2.12. The number of hydrogen-bond acceptors (Lipinski definition) is 5. The lowest BCUT2D eigenvalue weighted by molar-refractivity contribution is 0.178. The van der Waals surface area contributed by atoms with Crippen molar-refractivity contribution in [2.45, 2.75) is 6.61 Å². The molecule has 0 aliphatic heterocycles. The molecule has 1 aromatic heterocycles. The molecule has 84 valence electrons. The summed E-state index contributed by atoms with van der Waals surface area (Å²) in [5.41, 5.74) is 0. The number of methoxy groups -OCH3 is 1. The van der Waals surface area contributed by atoms with E-state index >= 15 is 0 Å². The van der Waals surface area contributed by atoms with Gasteiger partial charge < -0.3 is 10.1 Å². The molecule has 4 nitrogen and oxygen atoms in total. The molecule has 0 spiro atoms. The summed E-state index contributed by atoms with van der Waals surface area (Å²) in [6.07, 6.45) is 2.06. The summed E-state index contributed by atoms with van der Waals surface area (Å²) in [5.74, 6) is 2.37. The first-order valence-electron chi connectivity index (χ1n) is 4.51. The fraction of sp³-hybridized carbons (Fsp3) is 0.556. The maximum absolute atomic E-state index is 5.85. The Kier molecular flexibility index (Phi) is 5.75. The second-order valence-corrected chi connectivity index (χ2v) is 4.22. The first-order chi connectivity index (χ1) is 7.26. The zero-order valence-corrected chi connectivity index (χ0v) is 10.4. The number of nitrogens with zero attached hydrogens (tertiary/aromatic N) is 2. The van der Waals surface area contributed by atoms with Gasteiger partial charge in [0.1, 0.15) is 17.6 Å². The van der Waals surface area contributed by atoms with Crippen LogP contribution in [0, 0.1) is 0 Å². The van der Waals surface area contributed by atoms with Crippen molar-refractivity contribution in [1.29, 1.82) is 0 Å². The summed E-state index contributed by atoms with van der Waals surface area (Å²) in [7, 11) is 1.60. The van der Waals surface area contributed by atoms with E-state index in [1.54, 1.807) is 24.9 Å². The molecule has 0 atom stereocenters. The Bertz CT molecular complexity index is 311. The van der Waals surface area contributed by atoms with Gasteiger partial charge in [0.2, 0.25) is 0 Å². The Hall–Kier alpha value is -0.520. The minimum absolute atomic E-state index is 0.373. The van der Waals surface area contributed by atoms with Gasteiger partial charge in [-0.15, -0.1) is 0 Å². The summed E-state index contributed by atoms with van der Waals surface area (Å²) >= 11 is 7.62. The van der Waals surface area contributed by atoms with Crippen molar-refractivity contribution in [1.82, 2.24) is 9.97 Å². The monoisotopic (exact) mass is 247 g/mol. The molecule has 0 amide bonds. The lowest BCUT2D eigenvalue weighted by Crippen LogP contribution is -2.08. The molecule has 0 unspecified atom stereocenters. The van der Waals surface area contributed by atoms with Crippen LogP contribution in [0.4, 0.5) is 5.82 Å². The fourth-order valence-electron chi connectivity index (χ4n) is 1.03. The highest BCUT2D eigenvalue weighted by atomic mass is 35.5. The van der Waals surface area contributed by atoms with E-state index in [-0.39, 0.29) is 0 Å². The Balaban J connectivity index is 2.62. The summed E-state index contributed by atoms with van der Waals surface area (Å²) in [6, 6.07) is 1.71. The van der Waals surface area contributed by atoms with Gasteiger partial charge in [-0.3, -0.25) is 0 Å². The van der Waals surface area contributed by atoms with Crippen molar-refractivity contribution < 1.29 is 4.74 Å². The number of nitrogens with one attached hydrogen (secondary N) is 1. The zero-order chi connectivity index (χ0) is 11.1. The van der Waals surface area contributed by atoms with Crippen LogP contribution >= 0.6 is 23.4 Å². The van der Waals surface area contributed by atoms with Crippen molar-refractivity contribution in [2.24, 2.45) is 0 Å². The maximum atomic E-state index is 5.85. The van der Waals surface area contributed by atoms with Crippen molar-refractivity contribution in [3.63, 3.8) is 0 Å². The SMILES string of the molecule is COCc1nc(Cl)cc(NCCSC)n1. The van der Waals surface area contributed by atoms with E-state index < -0.39 is 0 Å². The topological polar surface area (TPSA) is 47.0 Å². The van der Waals surface area contributed by atoms with Crippen molar-refractivity contribution in [3.8, 4) is 0 Å². The molecule has 15 heavy (non-hydrogen) atoms. The van der Waals surface area contributed by atoms with Crippen molar-refractivity contribution in [3.05, 3.63) is 17.0 Å². The molecule has 0 aromatic carbocycles. The van der Waals surface area contributed by atoms with Gasteiger partial charge in [0.15, 0.2) is 5.82 Å². The molecule has 0 saturated heterocycles. The van der Waals surface area contributed by atoms with Gasteiger partial charge in [0.25, 0.3) is 0 Å². The van der Waals surface area contributed by atoms with Crippen molar-refractivity contribution >= 4 is 29.2 Å². The second-order valence-electron chi connectivity index (χ2n) is 2.84. The van der Waals surface area contributed by atoms with E-state index in [1.807, 2.05) is 0 Å². The van der Waals surface area contributed by atoms with Crippen LogP contribution in [-0.4, -0.2) is 35.6 Å². The Morgan fingerprint density at radius 2 is 2.33 bits per heavy atom. The van der Waals surface area contributed by atoms with Gasteiger partial charge in [-0.2, -0.15) is 11.8 Å². The minimum atomic E-state index is 0.373. The largest absolute Gasteiger partial charge is 0.377 e. The average molecular weight is 248 g/mol. The lowest BCUT2D eigenvalue weighted by atomic mass is 10.5. The summed E-state index contributed by atoms with van der Waals surface area (Å²) in [5, 5.41) is 3.61. The van der Waals surface area contributed by atoms with E-state index in [2.05, 4.69) is 21.5 Å². The molecule has 0 aliphatic carbocycles. The third kappa shape index (κ3) is 4.68. The van der Waals surface area contributed by atoms with Crippen LogP contribution < -0.4 is 5.32 Å². The van der Waals surface area contributed by atoms with Gasteiger partial charge in [-0.25, -0.2) is 9.97 Å². The molecule has 1 rings (SSSR count). The number of anilines is 1. The Labute approximate surface area is 98.8 Å². The predicted molar refractivity (Wildman–Crippen MR) is 64.6 cm³/mol. The zero-order valence-electron chi connectivity index (χ0n) is 8.79. The van der Waals surface area contributed by atoms with Crippen LogP contribution in [0.25, 0.3) is 0 Å². The van der Waals surface area contributed by atoms with Crippen LogP contribution in [0.1, 0.15) is 5.82 Å². The standard InChI is InChI=1S/C9H14ClN3OS/c1-14-6-9-12-7(10)5-8(13-9)11-3-4-15-2/h5H,3-4,6H2,1-2H3,(H,11,12,13). The normalized spacial score (nSPS) is 10.3. The predicted octanol–water partition coefficient (Wildman–Crippen LogP) is 2.05. The van der Waals surface area contributed by atoms with Gasteiger partial charge in [-0.05, 0) is 6.26 Å². The lowest BCUT2D eigenvalue weighted by Gasteiger charge is -2.06. The van der Waals surface area contributed by atoms with Gasteiger partial charge in [0.05, 0.1) is 0 Å². The molecule has 0 aliphatic rings. The fourth-order valence-corrected chi connectivity index (χ4v) is 1.54.